The summed E-state index contributed by atoms with van der Waals surface area (Å²) in [6.45, 7) is 3.11. The number of para-hydroxylation sites is 1. The van der Waals surface area contributed by atoms with Crippen molar-refractivity contribution in [1.29, 1.82) is 0 Å². The van der Waals surface area contributed by atoms with Crippen LogP contribution < -0.4 is 15.8 Å². The number of ether oxygens (including phenoxy) is 3. The average molecular weight is 618 g/mol. The molecule has 0 radical (unpaired) electrons. The molecule has 2 fully saturated rings. The molecule has 224 valence electrons. The Hall–Kier alpha value is -3.94. The SMILES string of the molecule is CCOC(=O)N1CCC(Nc2cc(Cl)cc3c(S(=O)(=O)N4CCO/C(=C/Oc5ccccc5)C4)c(C(N)=O)[nH]c23)CC1. The van der Waals surface area contributed by atoms with E-state index in [0.29, 0.717) is 55.3 Å². The Labute approximate surface area is 248 Å². The van der Waals surface area contributed by atoms with Gasteiger partial charge >= 0.3 is 6.09 Å². The third kappa shape index (κ3) is 6.27. The molecule has 42 heavy (non-hydrogen) atoms. The van der Waals surface area contributed by atoms with Crippen molar-refractivity contribution in [3.63, 3.8) is 0 Å². The first-order valence-electron chi connectivity index (χ1n) is 13.5. The number of amides is 2. The number of H-pyrrole nitrogens is 1. The molecule has 0 atom stereocenters. The van der Waals surface area contributed by atoms with Gasteiger partial charge in [-0.05, 0) is 44.0 Å². The number of nitrogens with two attached hydrogens (primary N) is 1. The van der Waals surface area contributed by atoms with Crippen LogP contribution in [0.4, 0.5) is 10.5 Å². The summed E-state index contributed by atoms with van der Waals surface area (Å²) in [7, 11) is -4.25. The highest BCUT2D eigenvalue weighted by atomic mass is 35.5. The topological polar surface area (TPSA) is 156 Å². The number of carbonyl (C=O) groups excluding carboxylic acids is 2. The van der Waals surface area contributed by atoms with E-state index in [9.17, 15) is 18.0 Å². The predicted molar refractivity (Wildman–Crippen MR) is 157 cm³/mol. The van der Waals surface area contributed by atoms with Crippen molar-refractivity contribution >= 4 is 50.2 Å². The van der Waals surface area contributed by atoms with Crippen LogP contribution in [0, 0.1) is 0 Å². The van der Waals surface area contributed by atoms with Gasteiger partial charge in [0.25, 0.3) is 5.91 Å². The third-order valence-electron chi connectivity index (χ3n) is 7.08. The maximum atomic E-state index is 14.0. The number of likely N-dealkylation sites (tertiary alicyclic amines) is 1. The lowest BCUT2D eigenvalue weighted by molar-refractivity contribution is 0.0979. The molecule has 0 aliphatic carbocycles. The van der Waals surface area contributed by atoms with Crippen molar-refractivity contribution in [3.05, 3.63) is 65.2 Å². The number of anilines is 1. The zero-order valence-electron chi connectivity index (χ0n) is 23.0. The Morgan fingerprint density at radius 3 is 2.62 bits per heavy atom. The lowest BCUT2D eigenvalue weighted by atomic mass is 10.0. The first kappa shape index (κ1) is 29.5. The Morgan fingerprint density at radius 1 is 1.19 bits per heavy atom. The molecule has 12 nitrogen and oxygen atoms in total. The number of nitrogens with one attached hydrogen (secondary N) is 2. The number of nitrogens with zero attached hydrogens (tertiary/aromatic N) is 2. The molecular weight excluding hydrogens is 586 g/mol. The van der Waals surface area contributed by atoms with Crippen LogP contribution in [0.5, 0.6) is 5.75 Å². The summed E-state index contributed by atoms with van der Waals surface area (Å²) in [4.78, 5) is 28.9. The van der Waals surface area contributed by atoms with E-state index in [-0.39, 0.29) is 52.8 Å². The van der Waals surface area contributed by atoms with Gasteiger partial charge in [0.05, 0.1) is 24.4 Å². The highest BCUT2D eigenvalue weighted by Gasteiger charge is 2.36. The number of sulfonamides is 1. The lowest BCUT2D eigenvalue weighted by Gasteiger charge is -2.32. The number of fused-ring (bicyclic) bond motifs is 1. The van der Waals surface area contributed by atoms with Gasteiger partial charge in [-0.25, -0.2) is 13.2 Å². The molecule has 2 amide bonds. The number of primary amides is 1. The maximum Gasteiger partial charge on any atom is 0.409 e. The highest BCUT2D eigenvalue weighted by Crippen LogP contribution is 2.37. The zero-order chi connectivity index (χ0) is 29.9. The van der Waals surface area contributed by atoms with Crippen LogP contribution in [0.2, 0.25) is 5.02 Å². The summed E-state index contributed by atoms with van der Waals surface area (Å²) in [6.07, 6.45) is 2.29. The van der Waals surface area contributed by atoms with Crippen LogP contribution in [0.1, 0.15) is 30.3 Å². The Kier molecular flexibility index (Phi) is 8.80. The fraction of sp³-hybridized carbons (Fsp3) is 0.357. The number of hydrogen-bond donors (Lipinski definition) is 3. The monoisotopic (exact) mass is 617 g/mol. The van der Waals surface area contributed by atoms with Gasteiger partial charge in [-0.2, -0.15) is 4.31 Å². The van der Waals surface area contributed by atoms with Crippen LogP contribution in [0.3, 0.4) is 0 Å². The number of aromatic nitrogens is 1. The molecule has 5 rings (SSSR count). The molecule has 2 saturated heterocycles. The Morgan fingerprint density at radius 2 is 1.93 bits per heavy atom. The van der Waals surface area contributed by atoms with Crippen molar-refractivity contribution in [2.24, 2.45) is 5.73 Å². The summed E-state index contributed by atoms with van der Waals surface area (Å²) in [5.41, 5.74) is 6.34. The van der Waals surface area contributed by atoms with Gasteiger partial charge in [-0.15, -0.1) is 0 Å². The normalized spacial score (nSPS) is 17.7. The molecule has 0 bridgehead atoms. The molecule has 0 spiro atoms. The first-order valence-corrected chi connectivity index (χ1v) is 15.4. The Bertz CT molecular complexity index is 1600. The second-order valence-electron chi connectivity index (χ2n) is 9.88. The molecule has 2 aliphatic heterocycles. The van der Waals surface area contributed by atoms with Crippen molar-refractivity contribution in [1.82, 2.24) is 14.2 Å². The van der Waals surface area contributed by atoms with Gasteiger partial charge in [-0.3, -0.25) is 4.79 Å². The number of morpholine rings is 1. The number of aromatic amines is 1. The number of piperidine rings is 1. The van der Waals surface area contributed by atoms with Crippen molar-refractivity contribution in [2.75, 3.05) is 44.7 Å². The largest absolute Gasteiger partial charge is 0.492 e. The number of benzene rings is 2. The van der Waals surface area contributed by atoms with Crippen molar-refractivity contribution < 1.29 is 32.2 Å². The van der Waals surface area contributed by atoms with Crippen LogP contribution in [-0.2, 0) is 19.5 Å². The predicted octanol–water partition coefficient (Wildman–Crippen LogP) is 3.89. The summed E-state index contributed by atoms with van der Waals surface area (Å²) >= 11 is 6.47. The van der Waals surface area contributed by atoms with E-state index in [0.717, 1.165) is 0 Å². The molecule has 14 heteroatoms. The van der Waals surface area contributed by atoms with Crippen LogP contribution >= 0.6 is 11.6 Å². The van der Waals surface area contributed by atoms with Crippen LogP contribution in [-0.4, -0.2) is 80.0 Å². The minimum absolute atomic E-state index is 0.0331. The molecule has 0 unspecified atom stereocenters. The number of rotatable bonds is 8. The number of carbonyl (C=O) groups is 2. The Balaban J connectivity index is 1.42. The van der Waals surface area contributed by atoms with Crippen LogP contribution in [0.25, 0.3) is 10.9 Å². The van der Waals surface area contributed by atoms with E-state index in [1.807, 2.05) is 18.2 Å². The molecule has 2 aliphatic rings. The minimum Gasteiger partial charge on any atom is -0.492 e. The van der Waals surface area contributed by atoms with Gasteiger partial charge < -0.3 is 35.1 Å². The van der Waals surface area contributed by atoms with Crippen molar-refractivity contribution in [2.45, 2.75) is 30.7 Å². The lowest BCUT2D eigenvalue weighted by Crippen LogP contribution is -2.42. The minimum atomic E-state index is -4.25. The van der Waals surface area contributed by atoms with E-state index < -0.39 is 15.9 Å². The highest BCUT2D eigenvalue weighted by molar-refractivity contribution is 7.89. The van der Waals surface area contributed by atoms with Crippen LogP contribution in [0.15, 0.2) is 59.4 Å². The number of hydrogen-bond acceptors (Lipinski definition) is 8. The number of halogens is 1. The molecule has 0 saturated carbocycles. The van der Waals surface area contributed by atoms with Crippen molar-refractivity contribution in [3.8, 4) is 5.75 Å². The summed E-state index contributed by atoms with van der Waals surface area (Å²) in [5.74, 6) is -0.0443. The van der Waals surface area contributed by atoms with E-state index in [1.165, 1.54) is 16.6 Å². The van der Waals surface area contributed by atoms with E-state index in [1.54, 1.807) is 30.0 Å². The quantitative estimate of drug-likeness (QED) is 0.321. The third-order valence-corrected chi connectivity index (χ3v) is 9.23. The van der Waals surface area contributed by atoms with E-state index >= 15 is 0 Å². The second-order valence-corrected chi connectivity index (χ2v) is 12.2. The average Bonchev–Trinajstić information content (AvgIpc) is 3.38. The fourth-order valence-corrected chi connectivity index (χ4v) is 6.99. The van der Waals surface area contributed by atoms with Gasteiger partial charge in [0.1, 0.15) is 35.0 Å². The molecule has 3 heterocycles. The van der Waals surface area contributed by atoms with E-state index in [2.05, 4.69) is 10.3 Å². The molecule has 3 aromatic rings. The van der Waals surface area contributed by atoms with Gasteiger partial charge in [0.2, 0.25) is 10.0 Å². The maximum absolute atomic E-state index is 14.0. The van der Waals surface area contributed by atoms with Gasteiger partial charge in [0.15, 0.2) is 0 Å². The first-order chi connectivity index (χ1) is 20.2. The molecule has 2 aromatic carbocycles. The standard InChI is InChI=1S/C28H32ClN5O7S/c1-2-39-28(36)33-10-8-19(9-11-33)31-23-15-18(29)14-22-24(23)32-25(27(30)35)26(22)42(37,38)34-12-13-40-21(16-34)17-41-20-6-4-3-5-7-20/h3-7,14-15,17,19,31-32H,2,8-13,16H2,1H3,(H2,30,35)/b21-17+. The fourth-order valence-electron chi connectivity index (χ4n) is 5.05. The van der Waals surface area contributed by atoms with E-state index in [4.69, 9.17) is 31.5 Å². The zero-order valence-corrected chi connectivity index (χ0v) is 24.5. The molecule has 1 aromatic heterocycles. The van der Waals surface area contributed by atoms with Gasteiger partial charge in [-0.1, -0.05) is 29.8 Å². The second kappa shape index (κ2) is 12.5. The smallest absolute Gasteiger partial charge is 0.409 e. The summed E-state index contributed by atoms with van der Waals surface area (Å²) in [6, 6.07) is 12.1. The van der Waals surface area contributed by atoms with Gasteiger partial charge in [0, 0.05) is 36.1 Å². The summed E-state index contributed by atoms with van der Waals surface area (Å²) in [5, 5.41) is 3.92. The summed E-state index contributed by atoms with van der Waals surface area (Å²) < 4.78 is 45.6. The molecular formula is C28H32ClN5O7S. The molecule has 4 N–H and O–H groups in total.